The number of nitriles is 1. The first kappa shape index (κ1) is 13.8. The van der Waals surface area contributed by atoms with Gasteiger partial charge in [0.05, 0.1) is 17.3 Å². The second kappa shape index (κ2) is 6.00. The molecule has 0 aromatic heterocycles. The number of carbonyl (C=O) groups is 1. The Morgan fingerprint density at radius 2 is 1.85 bits per heavy atom. The zero-order chi connectivity index (χ0) is 14.5. The van der Waals surface area contributed by atoms with Gasteiger partial charge in [-0.05, 0) is 42.3 Å². The summed E-state index contributed by atoms with van der Waals surface area (Å²) in [6.45, 7) is 1.95. The lowest BCUT2D eigenvalue weighted by Gasteiger charge is -2.16. The minimum absolute atomic E-state index is 0.333. The number of carbonyl (C=O) groups excluding carboxylic acids is 1. The molecule has 1 amide bonds. The van der Waals surface area contributed by atoms with E-state index in [2.05, 4.69) is 0 Å². The largest absolute Gasteiger partial charge is 0.282 e. The normalized spacial score (nSPS) is 9.85. The van der Waals surface area contributed by atoms with Crippen LogP contribution in [0, 0.1) is 11.3 Å². The lowest BCUT2D eigenvalue weighted by atomic mass is 10.0. The number of rotatable bonds is 3. The second-order valence-corrected chi connectivity index (χ2v) is 4.29. The summed E-state index contributed by atoms with van der Waals surface area (Å²) in [4.78, 5) is 12.3. The van der Waals surface area contributed by atoms with Crippen LogP contribution >= 0.6 is 0 Å². The maximum absolute atomic E-state index is 12.3. The molecule has 0 aliphatic heterocycles. The minimum atomic E-state index is -0.479. The highest BCUT2D eigenvalue weighted by Crippen LogP contribution is 2.18. The zero-order valence-corrected chi connectivity index (χ0v) is 11.1. The van der Waals surface area contributed by atoms with Crippen LogP contribution in [0.25, 0.3) is 0 Å². The van der Waals surface area contributed by atoms with Crippen LogP contribution in [0.3, 0.4) is 0 Å². The fraction of sp³-hybridized carbons (Fsp3) is 0.125. The molecule has 100 valence electrons. The summed E-state index contributed by atoms with van der Waals surface area (Å²) >= 11 is 0. The van der Waals surface area contributed by atoms with Crippen molar-refractivity contribution < 1.29 is 10.0 Å². The van der Waals surface area contributed by atoms with Crippen molar-refractivity contribution in [3.05, 3.63) is 65.2 Å². The first-order chi connectivity index (χ1) is 9.67. The van der Waals surface area contributed by atoms with Crippen LogP contribution in [0.1, 0.15) is 28.4 Å². The Kier molecular flexibility index (Phi) is 4.14. The van der Waals surface area contributed by atoms with Gasteiger partial charge in [0, 0.05) is 5.56 Å². The van der Waals surface area contributed by atoms with Crippen molar-refractivity contribution in [3.8, 4) is 6.07 Å². The first-order valence-electron chi connectivity index (χ1n) is 6.28. The monoisotopic (exact) mass is 266 g/mol. The van der Waals surface area contributed by atoms with Crippen molar-refractivity contribution in [2.45, 2.75) is 13.3 Å². The summed E-state index contributed by atoms with van der Waals surface area (Å²) in [5, 5.41) is 19.4. The first-order valence-corrected chi connectivity index (χ1v) is 6.28. The van der Waals surface area contributed by atoms with E-state index in [4.69, 9.17) is 5.26 Å². The highest BCUT2D eigenvalue weighted by atomic mass is 16.5. The summed E-state index contributed by atoms with van der Waals surface area (Å²) in [6.07, 6.45) is 0.711. The number of hydrogen-bond acceptors (Lipinski definition) is 3. The van der Waals surface area contributed by atoms with Crippen LogP contribution in [0.4, 0.5) is 5.69 Å². The van der Waals surface area contributed by atoms with Crippen molar-refractivity contribution in [2.24, 2.45) is 0 Å². The molecule has 20 heavy (non-hydrogen) atoms. The minimum Gasteiger partial charge on any atom is -0.281 e. The summed E-state index contributed by atoms with van der Waals surface area (Å²) in [6, 6.07) is 15.3. The molecule has 0 fully saturated rings. The zero-order valence-electron chi connectivity index (χ0n) is 11.1. The number of amides is 1. The number of nitrogens with zero attached hydrogens (tertiary/aromatic N) is 2. The second-order valence-electron chi connectivity index (χ2n) is 4.29. The quantitative estimate of drug-likeness (QED) is 0.685. The highest BCUT2D eigenvalue weighted by Gasteiger charge is 2.17. The third-order valence-electron chi connectivity index (χ3n) is 3.06. The molecule has 0 bridgehead atoms. The Hall–Kier alpha value is -2.64. The van der Waals surface area contributed by atoms with Gasteiger partial charge in [0.25, 0.3) is 5.91 Å². The predicted octanol–water partition coefficient (Wildman–Crippen LogP) is 3.16. The van der Waals surface area contributed by atoms with Gasteiger partial charge in [-0.15, -0.1) is 0 Å². The van der Waals surface area contributed by atoms with Gasteiger partial charge in [-0.2, -0.15) is 10.3 Å². The van der Waals surface area contributed by atoms with Gasteiger partial charge in [0.1, 0.15) is 0 Å². The Labute approximate surface area is 117 Å². The van der Waals surface area contributed by atoms with E-state index in [1.165, 1.54) is 12.1 Å². The van der Waals surface area contributed by atoms with E-state index < -0.39 is 5.91 Å². The van der Waals surface area contributed by atoms with Crippen molar-refractivity contribution in [3.63, 3.8) is 0 Å². The van der Waals surface area contributed by atoms with E-state index in [0.717, 1.165) is 5.56 Å². The number of hydroxylamine groups is 1. The van der Waals surface area contributed by atoms with Gasteiger partial charge >= 0.3 is 0 Å². The Morgan fingerprint density at radius 1 is 1.20 bits per heavy atom. The molecular formula is C16H14N2O2. The summed E-state index contributed by atoms with van der Waals surface area (Å²) in [5.74, 6) is -0.479. The topological polar surface area (TPSA) is 64.3 Å². The maximum atomic E-state index is 12.3. The fourth-order valence-corrected chi connectivity index (χ4v) is 1.95. The van der Waals surface area contributed by atoms with Crippen LogP contribution in [0.2, 0.25) is 0 Å². The SMILES string of the molecule is CCc1ccccc1C(=O)N(O)c1ccc(C#N)cc1. The van der Waals surface area contributed by atoms with Crippen LogP contribution in [-0.4, -0.2) is 11.1 Å². The Balaban J connectivity index is 2.30. The Bertz CT molecular complexity index is 657. The molecule has 0 aliphatic rings. The molecule has 4 heteroatoms. The molecule has 0 aliphatic carbocycles. The molecule has 1 N–H and O–H groups in total. The van der Waals surface area contributed by atoms with Crippen LogP contribution in [0.15, 0.2) is 48.5 Å². The number of hydrogen-bond donors (Lipinski definition) is 1. The van der Waals surface area contributed by atoms with Gasteiger partial charge in [0.15, 0.2) is 0 Å². The van der Waals surface area contributed by atoms with E-state index in [-0.39, 0.29) is 0 Å². The molecule has 0 radical (unpaired) electrons. The molecule has 4 nitrogen and oxygen atoms in total. The average molecular weight is 266 g/mol. The van der Waals surface area contributed by atoms with Crippen molar-refractivity contribution in [1.82, 2.24) is 0 Å². The van der Waals surface area contributed by atoms with E-state index in [9.17, 15) is 10.0 Å². The molecule has 0 saturated heterocycles. The van der Waals surface area contributed by atoms with Crippen LogP contribution in [0.5, 0.6) is 0 Å². The molecule has 0 atom stereocenters. The van der Waals surface area contributed by atoms with E-state index in [0.29, 0.717) is 28.3 Å². The predicted molar refractivity (Wildman–Crippen MR) is 75.6 cm³/mol. The molecular weight excluding hydrogens is 252 g/mol. The highest BCUT2D eigenvalue weighted by molar-refractivity contribution is 6.05. The van der Waals surface area contributed by atoms with Crippen molar-refractivity contribution in [1.29, 1.82) is 5.26 Å². The smallest absolute Gasteiger partial charge is 0.281 e. The summed E-state index contributed by atoms with van der Waals surface area (Å²) in [7, 11) is 0. The number of anilines is 1. The lowest BCUT2D eigenvalue weighted by molar-refractivity contribution is 0.0854. The molecule has 2 aromatic carbocycles. The van der Waals surface area contributed by atoms with Crippen LogP contribution < -0.4 is 5.06 Å². The lowest BCUT2D eigenvalue weighted by Crippen LogP contribution is -2.27. The van der Waals surface area contributed by atoms with Crippen molar-refractivity contribution >= 4 is 11.6 Å². The molecule has 2 aromatic rings. The van der Waals surface area contributed by atoms with Crippen molar-refractivity contribution in [2.75, 3.05) is 5.06 Å². The molecule has 0 unspecified atom stereocenters. The van der Waals surface area contributed by atoms with Gasteiger partial charge in [-0.1, -0.05) is 25.1 Å². The molecule has 0 heterocycles. The van der Waals surface area contributed by atoms with Crippen LogP contribution in [-0.2, 0) is 6.42 Å². The standard InChI is InChI=1S/C16H14N2O2/c1-2-13-5-3-4-6-15(13)16(19)18(20)14-9-7-12(11-17)8-10-14/h3-10,20H,2H2,1H3. The Morgan fingerprint density at radius 3 is 2.45 bits per heavy atom. The summed E-state index contributed by atoms with van der Waals surface area (Å²) < 4.78 is 0. The molecule has 2 rings (SSSR count). The van der Waals surface area contributed by atoms with E-state index >= 15 is 0 Å². The van der Waals surface area contributed by atoms with Gasteiger partial charge < -0.3 is 0 Å². The molecule has 0 saturated carbocycles. The maximum Gasteiger partial charge on any atom is 0.282 e. The summed E-state index contributed by atoms with van der Waals surface area (Å²) in [5.41, 5.74) is 2.16. The van der Waals surface area contributed by atoms with Gasteiger partial charge in [-0.25, -0.2) is 0 Å². The number of benzene rings is 2. The third kappa shape index (κ3) is 2.68. The van der Waals surface area contributed by atoms with Gasteiger partial charge in [0.2, 0.25) is 0 Å². The van der Waals surface area contributed by atoms with E-state index in [1.807, 2.05) is 25.1 Å². The molecule has 0 spiro atoms. The van der Waals surface area contributed by atoms with E-state index in [1.54, 1.807) is 24.3 Å². The number of aryl methyl sites for hydroxylation is 1. The fourth-order valence-electron chi connectivity index (χ4n) is 1.95. The van der Waals surface area contributed by atoms with Gasteiger partial charge in [-0.3, -0.25) is 10.0 Å². The average Bonchev–Trinajstić information content (AvgIpc) is 2.53. The third-order valence-corrected chi connectivity index (χ3v) is 3.06.